The molecule has 3 aromatic heterocycles. The van der Waals surface area contributed by atoms with Gasteiger partial charge < -0.3 is 5.11 Å². The molecule has 0 atom stereocenters. The maximum absolute atomic E-state index is 13.0. The molecule has 3 heterocycles. The van der Waals surface area contributed by atoms with Crippen molar-refractivity contribution in [1.29, 1.82) is 0 Å². The van der Waals surface area contributed by atoms with Crippen LogP contribution in [0.1, 0.15) is 41.7 Å². The fourth-order valence-electron chi connectivity index (χ4n) is 3.80. The Morgan fingerprint density at radius 1 is 1.03 bits per heavy atom. The Bertz CT molecular complexity index is 1370. The third kappa shape index (κ3) is 5.52. The molecule has 0 bridgehead atoms. The molecule has 4 rings (SSSR count). The predicted octanol–water partition coefficient (Wildman–Crippen LogP) is 3.41. The van der Waals surface area contributed by atoms with Gasteiger partial charge in [0.2, 0.25) is 9.84 Å². The predicted molar refractivity (Wildman–Crippen MR) is 126 cm³/mol. The molecule has 0 saturated heterocycles. The molecule has 0 aliphatic heterocycles. The number of ketones is 1. The number of aliphatic carboxylic acids is 1. The number of rotatable bonds is 8. The van der Waals surface area contributed by atoms with Gasteiger partial charge in [-0.3, -0.25) is 20.2 Å². The van der Waals surface area contributed by atoms with Crippen LogP contribution in [-0.2, 0) is 21.1 Å². The van der Waals surface area contributed by atoms with Crippen molar-refractivity contribution < 1.29 is 27.9 Å². The summed E-state index contributed by atoms with van der Waals surface area (Å²) in [6, 6.07) is 6.71. The quantitative estimate of drug-likeness (QED) is 0.381. The van der Waals surface area contributed by atoms with E-state index in [1.165, 1.54) is 24.5 Å². The maximum Gasteiger partial charge on any atom is 0.326 e. The van der Waals surface area contributed by atoms with Gasteiger partial charge in [-0.2, -0.15) is 0 Å². The van der Waals surface area contributed by atoms with E-state index in [2.05, 4.69) is 25.6 Å². The average Bonchev–Trinajstić information content (AvgIpc) is 3.50. The van der Waals surface area contributed by atoms with E-state index in [-0.39, 0.29) is 37.6 Å². The lowest BCUT2D eigenvalue weighted by molar-refractivity contribution is -0.136. The van der Waals surface area contributed by atoms with Gasteiger partial charge in [-0.05, 0) is 37.1 Å². The van der Waals surface area contributed by atoms with Crippen molar-refractivity contribution in [2.45, 2.75) is 41.3 Å². The Hall–Kier alpha value is -3.71. The molecule has 1 aliphatic carbocycles. The van der Waals surface area contributed by atoms with Crippen molar-refractivity contribution in [3.05, 3.63) is 54.0 Å². The number of amides is 2. The number of aromatic nitrogens is 3. The number of anilines is 2. The molecular formula is C22H21N5O6S2. The van der Waals surface area contributed by atoms with Crippen molar-refractivity contribution in [3.8, 4) is 0 Å². The summed E-state index contributed by atoms with van der Waals surface area (Å²) >= 11 is 0.611. The first-order valence-electron chi connectivity index (χ1n) is 10.7. The molecule has 1 aliphatic rings. The second-order valence-electron chi connectivity index (χ2n) is 7.82. The highest BCUT2D eigenvalue weighted by atomic mass is 32.2. The minimum Gasteiger partial charge on any atom is -0.481 e. The van der Waals surface area contributed by atoms with Crippen molar-refractivity contribution in [2.24, 2.45) is 5.92 Å². The van der Waals surface area contributed by atoms with Crippen LogP contribution < -0.4 is 10.6 Å². The van der Waals surface area contributed by atoms with E-state index >= 15 is 0 Å². The van der Waals surface area contributed by atoms with Crippen LogP contribution in [0.15, 0.2) is 52.0 Å². The highest BCUT2D eigenvalue weighted by molar-refractivity contribution is 7.93. The second kappa shape index (κ2) is 10.3. The lowest BCUT2D eigenvalue weighted by atomic mass is 9.97. The number of nitrogens with one attached hydrogen (secondary N) is 2. The van der Waals surface area contributed by atoms with E-state index < -0.39 is 28.3 Å². The molecule has 182 valence electrons. The van der Waals surface area contributed by atoms with Crippen molar-refractivity contribution in [1.82, 2.24) is 15.0 Å². The summed E-state index contributed by atoms with van der Waals surface area (Å²) in [5, 5.41) is 13.7. The Labute approximate surface area is 204 Å². The minimum atomic E-state index is -4.16. The molecule has 3 aromatic rings. The molecule has 13 heteroatoms. The first-order valence-corrected chi connectivity index (χ1v) is 13.0. The Morgan fingerprint density at radius 2 is 1.77 bits per heavy atom. The Kier molecular flexibility index (Phi) is 7.17. The normalized spacial score (nSPS) is 13.9. The van der Waals surface area contributed by atoms with Crippen molar-refractivity contribution in [2.75, 3.05) is 10.6 Å². The second-order valence-corrected chi connectivity index (χ2v) is 10.9. The summed E-state index contributed by atoms with van der Waals surface area (Å²) in [5.41, 5.74) is 0.0667. The summed E-state index contributed by atoms with van der Waals surface area (Å²) in [4.78, 5) is 48.7. The zero-order chi connectivity index (χ0) is 25.0. The van der Waals surface area contributed by atoms with Gasteiger partial charge in [0, 0.05) is 18.3 Å². The number of carbonyl (C=O) groups excluding carboxylic acids is 2. The molecule has 0 spiro atoms. The summed E-state index contributed by atoms with van der Waals surface area (Å²) in [6.07, 6.45) is 5.61. The fraction of sp³-hybridized carbons (Fsp3) is 0.273. The number of carboxylic acid groups (broad SMARTS) is 1. The molecule has 0 aromatic carbocycles. The van der Waals surface area contributed by atoms with Gasteiger partial charge in [0.05, 0.1) is 17.7 Å². The number of carboxylic acids is 1. The molecule has 1 fully saturated rings. The van der Waals surface area contributed by atoms with Crippen LogP contribution in [0.4, 0.5) is 15.7 Å². The number of sulfone groups is 1. The number of pyridine rings is 2. The number of hydrogen-bond donors (Lipinski definition) is 3. The molecule has 1 saturated carbocycles. The van der Waals surface area contributed by atoms with E-state index in [0.717, 1.165) is 25.7 Å². The van der Waals surface area contributed by atoms with E-state index in [1.807, 2.05) is 0 Å². The van der Waals surface area contributed by atoms with Crippen LogP contribution in [0.2, 0.25) is 0 Å². The smallest absolute Gasteiger partial charge is 0.326 e. The summed E-state index contributed by atoms with van der Waals surface area (Å²) in [6.45, 7) is 0. The molecule has 11 nitrogen and oxygen atoms in total. The summed E-state index contributed by atoms with van der Waals surface area (Å²) in [5.74, 6) is -1.41. The summed E-state index contributed by atoms with van der Waals surface area (Å²) < 4.78 is 25.7. The highest BCUT2D eigenvalue weighted by Gasteiger charge is 2.29. The monoisotopic (exact) mass is 515 g/mol. The SMILES string of the molecule is O=C(O)Cc1nc(NC(=O)Nc2ncccc2C(=O)C2CCCC2)sc1S(=O)(=O)c1ccccn1. The lowest BCUT2D eigenvalue weighted by Gasteiger charge is -2.12. The standard InChI is InChI=1S/C22H21N5O6S2/c28-17(29)12-15-20(35(32,33)16-9-3-4-10-23-16)34-22(25-15)27-21(31)26-19-14(8-5-11-24-19)18(30)13-6-1-2-7-13/h3-5,8-11,13H,1-2,6-7,12H2,(H,28,29)(H2,24,25,26,27,31). The van der Waals surface area contributed by atoms with Crippen LogP contribution in [0.5, 0.6) is 0 Å². The van der Waals surface area contributed by atoms with Gasteiger partial charge in [-0.15, -0.1) is 0 Å². The topological polar surface area (TPSA) is 168 Å². The third-order valence-electron chi connectivity index (χ3n) is 5.39. The minimum absolute atomic E-state index is 0.0746. The van der Waals surface area contributed by atoms with Gasteiger partial charge in [0.25, 0.3) is 0 Å². The van der Waals surface area contributed by atoms with Crippen LogP contribution in [0, 0.1) is 5.92 Å². The maximum atomic E-state index is 13.0. The Morgan fingerprint density at radius 3 is 2.46 bits per heavy atom. The molecule has 3 N–H and O–H groups in total. The van der Waals surface area contributed by atoms with Gasteiger partial charge in [-0.1, -0.05) is 30.2 Å². The number of thiazole rings is 1. The van der Waals surface area contributed by atoms with Gasteiger partial charge in [0.15, 0.2) is 20.1 Å². The van der Waals surface area contributed by atoms with Crippen molar-refractivity contribution >= 4 is 49.9 Å². The highest BCUT2D eigenvalue weighted by Crippen LogP contribution is 2.33. The average molecular weight is 516 g/mol. The molecular weight excluding hydrogens is 494 g/mol. The van der Waals surface area contributed by atoms with Crippen LogP contribution >= 0.6 is 11.3 Å². The molecule has 0 unspecified atom stereocenters. The Balaban J connectivity index is 1.57. The molecule has 0 radical (unpaired) electrons. The number of Topliss-reactive ketones (excluding diaryl/α,β-unsaturated/α-hetero) is 1. The van der Waals surface area contributed by atoms with E-state index in [1.54, 1.807) is 18.2 Å². The number of nitrogens with zero attached hydrogens (tertiary/aromatic N) is 3. The molecule has 35 heavy (non-hydrogen) atoms. The first-order chi connectivity index (χ1) is 16.8. The van der Waals surface area contributed by atoms with Crippen LogP contribution in [0.3, 0.4) is 0 Å². The van der Waals surface area contributed by atoms with Crippen LogP contribution in [0.25, 0.3) is 0 Å². The summed E-state index contributed by atoms with van der Waals surface area (Å²) in [7, 11) is -4.16. The van der Waals surface area contributed by atoms with Gasteiger partial charge >= 0.3 is 12.0 Å². The zero-order valence-corrected chi connectivity index (χ0v) is 19.9. The van der Waals surface area contributed by atoms with E-state index in [4.69, 9.17) is 0 Å². The molecule has 2 amide bonds. The largest absolute Gasteiger partial charge is 0.481 e. The fourth-order valence-corrected chi connectivity index (χ4v) is 6.52. The number of carbonyl (C=O) groups is 3. The zero-order valence-electron chi connectivity index (χ0n) is 18.3. The number of hydrogen-bond acceptors (Lipinski definition) is 9. The lowest BCUT2D eigenvalue weighted by Crippen LogP contribution is -2.23. The van der Waals surface area contributed by atoms with E-state index in [9.17, 15) is 27.9 Å². The third-order valence-corrected chi connectivity index (χ3v) is 8.62. The van der Waals surface area contributed by atoms with E-state index in [0.29, 0.717) is 16.9 Å². The van der Waals surface area contributed by atoms with Crippen LogP contribution in [-0.4, -0.2) is 46.3 Å². The van der Waals surface area contributed by atoms with Crippen molar-refractivity contribution in [3.63, 3.8) is 0 Å². The van der Waals surface area contributed by atoms with Gasteiger partial charge in [0.1, 0.15) is 5.82 Å². The first kappa shape index (κ1) is 24.4. The number of urea groups is 1. The van der Waals surface area contributed by atoms with Gasteiger partial charge in [-0.25, -0.2) is 28.2 Å².